The average molecular weight is 293 g/mol. The van der Waals surface area contributed by atoms with E-state index in [-0.39, 0.29) is 10.1 Å². The number of benzene rings is 1. The zero-order valence-electron chi connectivity index (χ0n) is 18.6. The highest BCUT2D eigenvalue weighted by atomic mass is 16.2. The fraction of sp³-hybridized carbons (Fsp3) is 0.333. The Labute approximate surface area is 131 Å². The molecule has 2 atom stereocenters. The monoisotopic (exact) mass is 293 g/mol. The fourth-order valence-corrected chi connectivity index (χ4v) is 2.07. The van der Waals surface area contributed by atoms with E-state index >= 15 is 0 Å². The topological polar surface area (TPSA) is 95.0 Å². The molecule has 1 aromatic carbocycles. The van der Waals surface area contributed by atoms with Crippen molar-refractivity contribution in [1.29, 1.82) is 0 Å². The number of hydrogen-bond acceptors (Lipinski definition) is 5. The van der Waals surface area contributed by atoms with E-state index in [1.807, 2.05) is 0 Å². The highest BCUT2D eigenvalue weighted by molar-refractivity contribution is 6.03. The molecule has 2 aromatic rings. The highest BCUT2D eigenvalue weighted by Crippen LogP contribution is 2.24. The third-order valence-electron chi connectivity index (χ3n) is 3.01. The van der Waals surface area contributed by atoms with Crippen molar-refractivity contribution < 1.29 is 20.6 Å². The van der Waals surface area contributed by atoms with Crippen molar-refractivity contribution in [3.05, 3.63) is 34.3 Å². The SMILES string of the molecule is [2H]c1cc([2H])c2nc(C([2H])[2H])n(C3([2H])C(=O)CC(=O)C([2H])C3([2H])[2H])c(=O)c2c1N. The van der Waals surface area contributed by atoms with Crippen LogP contribution in [-0.4, -0.2) is 21.1 Å². The molecular weight excluding hydrogens is 270 g/mol. The number of aromatic nitrogens is 2. The van der Waals surface area contributed by atoms with E-state index in [9.17, 15) is 14.4 Å². The molecule has 0 saturated heterocycles. The van der Waals surface area contributed by atoms with Crippen LogP contribution < -0.4 is 11.3 Å². The zero-order chi connectivity index (χ0) is 22.0. The first kappa shape index (κ1) is 6.98. The summed E-state index contributed by atoms with van der Waals surface area (Å²) in [5.41, 5.74) is 3.65. The molecule has 6 heteroatoms. The predicted molar refractivity (Wildman–Crippen MR) is 78.1 cm³/mol. The molecule has 21 heavy (non-hydrogen) atoms. The maximum Gasteiger partial charge on any atom is 0.264 e. The van der Waals surface area contributed by atoms with Gasteiger partial charge in [-0.2, -0.15) is 0 Å². The molecule has 2 unspecified atom stereocenters. The quantitative estimate of drug-likeness (QED) is 0.628. The Kier molecular flexibility index (Phi) is 1.59. The summed E-state index contributed by atoms with van der Waals surface area (Å²) in [6.45, 7) is -2.07. The Morgan fingerprint density at radius 1 is 1.52 bits per heavy atom. The zero-order valence-corrected chi connectivity index (χ0v) is 10.6. The van der Waals surface area contributed by atoms with E-state index in [0.29, 0.717) is 0 Å². The van der Waals surface area contributed by atoms with E-state index in [0.717, 1.165) is 6.07 Å². The third-order valence-corrected chi connectivity index (χ3v) is 3.01. The molecular formula is C15H15N3O3. The summed E-state index contributed by atoms with van der Waals surface area (Å²) in [5, 5.41) is -0.541. The van der Waals surface area contributed by atoms with Gasteiger partial charge in [0, 0.05) is 18.9 Å². The van der Waals surface area contributed by atoms with Gasteiger partial charge in [0.2, 0.25) is 0 Å². The molecule has 2 N–H and O–H groups in total. The van der Waals surface area contributed by atoms with Crippen molar-refractivity contribution in [3.8, 4) is 0 Å². The van der Waals surface area contributed by atoms with Crippen LogP contribution >= 0.6 is 0 Å². The van der Waals surface area contributed by atoms with Gasteiger partial charge in [0.25, 0.3) is 5.56 Å². The van der Waals surface area contributed by atoms with Crippen molar-refractivity contribution in [3.63, 3.8) is 0 Å². The number of carbonyl (C=O) groups excluding carboxylic acids is 2. The van der Waals surface area contributed by atoms with Crippen molar-refractivity contribution in [2.45, 2.75) is 32.1 Å². The molecule has 0 spiro atoms. The van der Waals surface area contributed by atoms with E-state index in [1.54, 1.807) is 0 Å². The van der Waals surface area contributed by atoms with Gasteiger partial charge in [-0.3, -0.25) is 19.0 Å². The van der Waals surface area contributed by atoms with Gasteiger partial charge >= 0.3 is 0 Å². The maximum atomic E-state index is 13.2. The molecule has 6 nitrogen and oxygen atoms in total. The van der Waals surface area contributed by atoms with E-state index in [1.165, 1.54) is 0 Å². The smallest absolute Gasteiger partial charge is 0.264 e. The van der Waals surface area contributed by atoms with Gasteiger partial charge in [-0.25, -0.2) is 4.98 Å². The van der Waals surface area contributed by atoms with Crippen molar-refractivity contribution in [1.82, 2.24) is 9.55 Å². The molecule has 1 aliphatic rings. The molecule has 0 amide bonds. The lowest BCUT2D eigenvalue weighted by molar-refractivity contribution is -0.132. The molecule has 1 aliphatic carbocycles. The molecule has 1 fully saturated rings. The predicted octanol–water partition coefficient (Wildman–Crippen LogP) is 1.15. The summed E-state index contributed by atoms with van der Waals surface area (Å²) >= 11 is 0. The number of rotatable bonds is 1. The molecule has 1 aromatic heterocycles. The fourth-order valence-electron chi connectivity index (χ4n) is 2.07. The van der Waals surface area contributed by atoms with Crippen LogP contribution in [0.2, 0.25) is 0 Å². The van der Waals surface area contributed by atoms with Crippen LogP contribution in [0.5, 0.6) is 0 Å². The Bertz CT molecular complexity index is 1130. The first-order chi connectivity index (χ1) is 13.3. The Balaban J connectivity index is 2.55. The Morgan fingerprint density at radius 3 is 3.10 bits per heavy atom. The van der Waals surface area contributed by atoms with E-state index in [4.69, 9.17) is 16.7 Å². The Hall–Kier alpha value is -2.50. The standard InChI is InChI=1S/C15H15N3O3/c1-8-17-11-4-2-3-10(16)14(11)15(21)18(8)12-6-5-9(19)7-13(12)20/h2-4,12H,5-7,16H2,1H3/i1D2,3D,4D,5D,6D2,12D. The van der Waals surface area contributed by atoms with Gasteiger partial charge in [0.1, 0.15) is 11.6 Å². The van der Waals surface area contributed by atoms with Gasteiger partial charge < -0.3 is 5.73 Å². The normalized spacial score (nSPS) is 34.2. The van der Waals surface area contributed by atoms with Crippen LogP contribution in [0.15, 0.2) is 22.9 Å². The number of anilines is 1. The number of Topliss-reactive ketones (excluding diaryl/α,β-unsaturated/α-hetero) is 2. The van der Waals surface area contributed by atoms with Crippen LogP contribution in [0.1, 0.15) is 42.0 Å². The second-order valence-corrected chi connectivity index (χ2v) is 4.38. The number of aryl methyl sites for hydroxylation is 1. The lowest BCUT2D eigenvalue weighted by Crippen LogP contribution is -2.36. The molecule has 1 heterocycles. The van der Waals surface area contributed by atoms with Crippen molar-refractivity contribution >= 4 is 28.2 Å². The van der Waals surface area contributed by atoms with Crippen LogP contribution in [0, 0.1) is 6.88 Å². The number of carbonyl (C=O) groups is 2. The number of nitrogens with zero attached hydrogens (tertiary/aromatic N) is 2. The third kappa shape index (κ3) is 2.12. The molecule has 108 valence electrons. The lowest BCUT2D eigenvalue weighted by atomic mass is 9.92. The van der Waals surface area contributed by atoms with Gasteiger partial charge in [-0.15, -0.1) is 0 Å². The second kappa shape index (κ2) is 4.80. The van der Waals surface area contributed by atoms with Crippen LogP contribution in [0.25, 0.3) is 10.9 Å². The molecule has 1 saturated carbocycles. The number of hydrogen-bond donors (Lipinski definition) is 1. The molecule has 0 bridgehead atoms. The average Bonchev–Trinajstić information content (AvgIpc) is 2.62. The first-order valence-electron chi connectivity index (χ1n) is 10.2. The van der Waals surface area contributed by atoms with Crippen molar-refractivity contribution in [2.24, 2.45) is 0 Å². The van der Waals surface area contributed by atoms with E-state index < -0.39 is 78.2 Å². The van der Waals surface area contributed by atoms with Gasteiger partial charge in [0.15, 0.2) is 5.78 Å². The van der Waals surface area contributed by atoms with E-state index in [2.05, 4.69) is 4.98 Å². The van der Waals surface area contributed by atoms with Gasteiger partial charge in [-0.1, -0.05) is 6.07 Å². The minimum Gasteiger partial charge on any atom is -0.398 e. The number of ketones is 2. The summed E-state index contributed by atoms with van der Waals surface area (Å²) in [7, 11) is 0. The lowest BCUT2D eigenvalue weighted by Gasteiger charge is -2.24. The van der Waals surface area contributed by atoms with Crippen molar-refractivity contribution in [2.75, 3.05) is 5.73 Å². The number of fused-ring (bicyclic) bond motifs is 1. The summed E-state index contributed by atoms with van der Waals surface area (Å²) in [4.78, 5) is 41.5. The molecule has 0 aliphatic heterocycles. The summed E-state index contributed by atoms with van der Waals surface area (Å²) in [5.74, 6) is -3.23. The minimum absolute atomic E-state index is 0.172. The second-order valence-electron chi connectivity index (χ2n) is 4.38. The number of nitrogens with two attached hydrogens (primary N) is 1. The maximum absolute atomic E-state index is 13.2. The van der Waals surface area contributed by atoms with Crippen LogP contribution in [0.4, 0.5) is 5.69 Å². The highest BCUT2D eigenvalue weighted by Gasteiger charge is 2.30. The molecule has 3 rings (SSSR count). The molecule has 0 radical (unpaired) electrons. The van der Waals surface area contributed by atoms with Gasteiger partial charge in [0.05, 0.1) is 27.5 Å². The largest absolute Gasteiger partial charge is 0.398 e. The summed E-state index contributed by atoms with van der Waals surface area (Å²) in [6.07, 6.45) is -6.35. The van der Waals surface area contributed by atoms with Crippen LogP contribution in [0.3, 0.4) is 0 Å². The minimum atomic E-state index is -3.20. The number of nitrogen functional groups attached to an aromatic ring is 1. The Morgan fingerprint density at radius 2 is 2.33 bits per heavy atom. The summed E-state index contributed by atoms with van der Waals surface area (Å²) in [6, 6.07) is -3.02. The summed E-state index contributed by atoms with van der Waals surface area (Å²) < 4.78 is 63.7. The first-order valence-corrected chi connectivity index (χ1v) is 5.92. The van der Waals surface area contributed by atoms with Crippen LogP contribution in [-0.2, 0) is 9.59 Å². The van der Waals surface area contributed by atoms with Gasteiger partial charge in [-0.05, 0) is 25.3 Å².